The molecule has 4 amide bonds. The molecule has 2 aromatic rings. The van der Waals surface area contributed by atoms with Gasteiger partial charge in [0.15, 0.2) is 5.78 Å². The molecule has 5 atom stereocenters. The summed E-state index contributed by atoms with van der Waals surface area (Å²) in [5.74, 6) is -3.02. The highest BCUT2D eigenvalue weighted by Crippen LogP contribution is 2.16. The number of nitrogens with one attached hydrogen (secondary N) is 5. The maximum absolute atomic E-state index is 14.0. The summed E-state index contributed by atoms with van der Waals surface area (Å²) in [5.41, 5.74) is 7.36. The molecule has 1 aliphatic heterocycles. The van der Waals surface area contributed by atoms with Gasteiger partial charge >= 0.3 is 0 Å². The fourth-order valence-electron chi connectivity index (χ4n) is 5.60. The lowest BCUT2D eigenvalue weighted by molar-refractivity contribution is -0.134. The molecule has 0 saturated carbocycles. The molecule has 0 aliphatic carbocycles. The van der Waals surface area contributed by atoms with Gasteiger partial charge in [-0.1, -0.05) is 100.0 Å². The molecule has 11 nitrogen and oxygen atoms in total. The molecular weight excluding hydrogens is 644 g/mol. The molecule has 2 aromatic carbocycles. The first kappa shape index (κ1) is 39.2. The van der Waals surface area contributed by atoms with E-state index in [1.807, 2.05) is 74.5 Å². The zero-order valence-electron chi connectivity index (χ0n) is 28.8. The average Bonchev–Trinajstić information content (AvgIpc) is 3.07. The molecule has 0 saturated heterocycles. The molecule has 0 spiro atoms. The number of ketones is 1. The van der Waals surface area contributed by atoms with E-state index in [-0.39, 0.29) is 36.1 Å². The summed E-state index contributed by atoms with van der Waals surface area (Å²) in [5, 5.41) is 14.2. The van der Waals surface area contributed by atoms with Crippen LogP contribution in [0.4, 0.5) is 0 Å². The minimum absolute atomic E-state index is 0.0170. The summed E-state index contributed by atoms with van der Waals surface area (Å²) < 4.78 is 0. The van der Waals surface area contributed by atoms with E-state index in [2.05, 4.69) is 26.6 Å². The molecule has 7 N–H and O–H groups in total. The summed E-state index contributed by atoms with van der Waals surface area (Å²) in [7, 11) is 0. The Bertz CT molecular complexity index is 1440. The maximum atomic E-state index is 14.0. The Kier molecular flexibility index (Phi) is 15.8. The van der Waals surface area contributed by atoms with Crippen LogP contribution in [0.5, 0.6) is 0 Å². The molecule has 1 heterocycles. The van der Waals surface area contributed by atoms with E-state index in [4.69, 9.17) is 17.3 Å². The molecule has 0 aromatic heterocycles. The second kappa shape index (κ2) is 19.7. The van der Waals surface area contributed by atoms with Crippen molar-refractivity contribution < 1.29 is 24.0 Å². The Morgan fingerprint density at radius 3 is 1.69 bits per heavy atom. The van der Waals surface area contributed by atoms with Crippen LogP contribution in [0, 0.1) is 11.8 Å². The number of halogens is 1. The van der Waals surface area contributed by atoms with E-state index in [0.717, 1.165) is 11.1 Å². The lowest BCUT2D eigenvalue weighted by Crippen LogP contribution is -2.59. The molecule has 0 unspecified atom stereocenters. The van der Waals surface area contributed by atoms with Gasteiger partial charge in [0.1, 0.15) is 29.2 Å². The van der Waals surface area contributed by atoms with Gasteiger partial charge in [0.25, 0.3) is 0 Å². The van der Waals surface area contributed by atoms with Crippen molar-refractivity contribution in [1.82, 2.24) is 26.6 Å². The van der Waals surface area contributed by atoms with Gasteiger partial charge in [0.2, 0.25) is 23.6 Å². The number of benzene rings is 2. The topological polar surface area (TPSA) is 172 Å². The zero-order valence-corrected chi connectivity index (χ0v) is 29.6. The van der Waals surface area contributed by atoms with E-state index in [9.17, 15) is 24.0 Å². The van der Waals surface area contributed by atoms with Crippen molar-refractivity contribution >= 4 is 41.0 Å². The van der Waals surface area contributed by atoms with Gasteiger partial charge < -0.3 is 32.3 Å². The standard InChI is InChI=1S/C37H51ClN6O5/c1-23(2)19-30-37(49)44-32(24(3)4)33(45)27(38)22-40-29(20-25-13-7-5-8-14-25)35(47)43-31(21-26-15-9-6-10-16-26)36(48)41-28(34(46)42-30)17-11-12-18-39/h5-10,13-16,22-24,28-32,40H,11-12,17-21,39H2,1-4H3,(H,41,48)(H,42,46)(H,43,47)(H,44,49)/b27-22-/t28-,29+,30+,31-,32-/m0/s1. The van der Waals surface area contributed by atoms with Crippen LogP contribution in [0.1, 0.15) is 64.5 Å². The van der Waals surface area contributed by atoms with Crippen molar-refractivity contribution in [3.63, 3.8) is 0 Å². The lowest BCUT2D eigenvalue weighted by atomic mass is 9.97. The summed E-state index contributed by atoms with van der Waals surface area (Å²) in [4.78, 5) is 69.1. The molecule has 266 valence electrons. The number of Topliss-reactive ketones (excluding diaryl/α,β-unsaturated/α-hetero) is 1. The highest BCUT2D eigenvalue weighted by Gasteiger charge is 2.34. The molecular formula is C37H51ClN6O5. The van der Waals surface area contributed by atoms with Crippen LogP contribution in [0.2, 0.25) is 0 Å². The predicted molar refractivity (Wildman–Crippen MR) is 191 cm³/mol. The van der Waals surface area contributed by atoms with E-state index in [1.165, 1.54) is 6.20 Å². The van der Waals surface area contributed by atoms with Crippen LogP contribution in [0.15, 0.2) is 71.9 Å². The number of rotatable bonds is 11. The number of nitrogens with two attached hydrogens (primary N) is 1. The van der Waals surface area contributed by atoms with E-state index in [1.54, 1.807) is 13.8 Å². The van der Waals surface area contributed by atoms with Gasteiger partial charge in [0.05, 0.1) is 6.04 Å². The second-order valence-electron chi connectivity index (χ2n) is 13.3. The van der Waals surface area contributed by atoms with Crippen molar-refractivity contribution in [2.24, 2.45) is 17.6 Å². The fraction of sp³-hybridized carbons (Fsp3) is 0.486. The smallest absolute Gasteiger partial charge is 0.243 e. The normalized spacial score (nSPS) is 24.2. The predicted octanol–water partition coefficient (Wildman–Crippen LogP) is 2.86. The van der Waals surface area contributed by atoms with Crippen molar-refractivity contribution in [1.29, 1.82) is 0 Å². The first-order valence-electron chi connectivity index (χ1n) is 17.0. The number of amides is 4. The maximum Gasteiger partial charge on any atom is 0.243 e. The van der Waals surface area contributed by atoms with Crippen LogP contribution in [-0.4, -0.2) is 66.2 Å². The van der Waals surface area contributed by atoms with Gasteiger partial charge in [-0.25, -0.2) is 0 Å². The molecule has 3 rings (SSSR count). The summed E-state index contributed by atoms with van der Waals surface area (Å²) in [6, 6.07) is 13.5. The highest BCUT2D eigenvalue weighted by molar-refractivity contribution is 6.43. The van der Waals surface area contributed by atoms with Gasteiger partial charge in [0, 0.05) is 19.0 Å². The Labute approximate surface area is 294 Å². The summed E-state index contributed by atoms with van der Waals surface area (Å²) in [6.07, 6.45) is 3.36. The Morgan fingerprint density at radius 1 is 0.653 bits per heavy atom. The van der Waals surface area contributed by atoms with Crippen molar-refractivity contribution in [2.75, 3.05) is 6.54 Å². The van der Waals surface area contributed by atoms with E-state index < -0.39 is 59.6 Å². The van der Waals surface area contributed by atoms with Crippen molar-refractivity contribution in [3.05, 3.63) is 83.0 Å². The van der Waals surface area contributed by atoms with Gasteiger partial charge in [-0.05, 0) is 55.2 Å². The third kappa shape index (κ3) is 12.6. The van der Waals surface area contributed by atoms with Crippen LogP contribution < -0.4 is 32.3 Å². The number of hydrogen-bond donors (Lipinski definition) is 6. The first-order chi connectivity index (χ1) is 23.4. The summed E-state index contributed by atoms with van der Waals surface area (Å²) in [6.45, 7) is 7.80. The minimum Gasteiger partial charge on any atom is -0.378 e. The number of carbonyl (C=O) groups is 5. The summed E-state index contributed by atoms with van der Waals surface area (Å²) >= 11 is 6.53. The average molecular weight is 695 g/mol. The van der Waals surface area contributed by atoms with E-state index in [0.29, 0.717) is 25.8 Å². The molecule has 0 bridgehead atoms. The SMILES string of the molecule is CC(C)C[C@H]1NC(=O)[C@H](CCCCN)NC(=O)[C@H](Cc2ccccc2)NC(=O)[C@@H](Cc2ccccc2)N/C=C(\Cl)C(=O)[C@H](C(C)C)NC1=O. The third-order valence-electron chi connectivity index (χ3n) is 8.33. The lowest BCUT2D eigenvalue weighted by Gasteiger charge is -2.28. The number of carbonyl (C=O) groups excluding carboxylic acids is 5. The largest absolute Gasteiger partial charge is 0.378 e. The zero-order chi connectivity index (χ0) is 35.9. The molecule has 0 radical (unpaired) electrons. The minimum atomic E-state index is -1.06. The van der Waals surface area contributed by atoms with Gasteiger partial charge in [-0.3, -0.25) is 24.0 Å². The first-order valence-corrected chi connectivity index (χ1v) is 17.4. The van der Waals surface area contributed by atoms with Crippen molar-refractivity contribution in [3.8, 4) is 0 Å². The Hall–Kier alpha value is -4.22. The Morgan fingerprint density at radius 2 is 1.14 bits per heavy atom. The second-order valence-corrected chi connectivity index (χ2v) is 13.7. The van der Waals surface area contributed by atoms with Gasteiger partial charge in [-0.2, -0.15) is 0 Å². The Balaban J connectivity index is 2.10. The quantitative estimate of drug-likeness (QED) is 0.196. The van der Waals surface area contributed by atoms with Crippen LogP contribution in [-0.2, 0) is 36.8 Å². The monoisotopic (exact) mass is 694 g/mol. The van der Waals surface area contributed by atoms with E-state index >= 15 is 0 Å². The molecule has 12 heteroatoms. The van der Waals surface area contributed by atoms with Crippen LogP contribution in [0.3, 0.4) is 0 Å². The number of hydrogen-bond acceptors (Lipinski definition) is 7. The highest BCUT2D eigenvalue weighted by atomic mass is 35.5. The van der Waals surface area contributed by atoms with Gasteiger partial charge in [-0.15, -0.1) is 0 Å². The third-order valence-corrected chi connectivity index (χ3v) is 8.62. The fourth-order valence-corrected chi connectivity index (χ4v) is 5.78. The van der Waals surface area contributed by atoms with Crippen LogP contribution >= 0.6 is 11.6 Å². The van der Waals surface area contributed by atoms with Crippen molar-refractivity contribution in [2.45, 2.75) is 96.4 Å². The van der Waals surface area contributed by atoms with Crippen LogP contribution in [0.25, 0.3) is 0 Å². The molecule has 0 fully saturated rings. The molecule has 1 aliphatic rings. The molecule has 49 heavy (non-hydrogen) atoms. The number of unbranched alkanes of at least 4 members (excludes halogenated alkanes) is 1.